The van der Waals surface area contributed by atoms with Gasteiger partial charge in [0.1, 0.15) is 12.2 Å². The van der Waals surface area contributed by atoms with Gasteiger partial charge in [0.25, 0.3) is 0 Å². The minimum atomic E-state index is -0.981. The molecule has 3 heterocycles. The van der Waals surface area contributed by atoms with Crippen molar-refractivity contribution in [1.29, 1.82) is 0 Å². The van der Waals surface area contributed by atoms with Gasteiger partial charge in [-0.1, -0.05) is 0 Å². The number of hydrogen-bond donors (Lipinski definition) is 3. The SMILES string of the molecule is COC(=O)c1ccc(O)c(OC)c1.COC(=O)c1ccc(OC2CCOCC2)c(OC)c1.COc1cc(C(=O)O)ccc1OC1CCOCC1.OC1CCOCC1.[K+].[OH-]. The maximum atomic E-state index is 11.4. The normalized spacial score (nSPS) is 15.2. The van der Waals surface area contributed by atoms with Gasteiger partial charge in [0.2, 0.25) is 0 Å². The van der Waals surface area contributed by atoms with E-state index in [1.165, 1.54) is 58.8 Å². The first kappa shape index (κ1) is 53.3. The first-order chi connectivity index (χ1) is 27.5. The van der Waals surface area contributed by atoms with Crippen molar-refractivity contribution in [2.75, 3.05) is 75.2 Å². The van der Waals surface area contributed by atoms with Crippen LogP contribution in [0, 0.1) is 0 Å². The van der Waals surface area contributed by atoms with Crippen LogP contribution in [0.5, 0.6) is 34.5 Å². The van der Waals surface area contributed by atoms with E-state index in [2.05, 4.69) is 9.47 Å². The minimum Gasteiger partial charge on any atom is -0.870 e. The fourth-order valence-corrected chi connectivity index (χ4v) is 5.46. The number of esters is 2. The molecule has 0 atom stereocenters. The summed E-state index contributed by atoms with van der Waals surface area (Å²) in [6.07, 6.45) is 5.18. The molecule has 3 aliphatic rings. The summed E-state index contributed by atoms with van der Waals surface area (Å²) in [6, 6.07) is 13.9. The molecule has 17 nitrogen and oxygen atoms in total. The van der Waals surface area contributed by atoms with E-state index in [9.17, 15) is 19.5 Å². The van der Waals surface area contributed by atoms with Crippen molar-refractivity contribution in [3.63, 3.8) is 0 Å². The first-order valence-corrected chi connectivity index (χ1v) is 18.4. The molecule has 0 aromatic heterocycles. The second-order valence-electron chi connectivity index (χ2n) is 12.6. The number of benzene rings is 3. The summed E-state index contributed by atoms with van der Waals surface area (Å²) in [5.41, 5.74) is 0.974. The molecular formula is C41H55KO17. The van der Waals surface area contributed by atoms with Crippen LogP contribution in [0.2, 0.25) is 0 Å². The van der Waals surface area contributed by atoms with Gasteiger partial charge in [-0.2, -0.15) is 0 Å². The number of ether oxygens (including phenoxy) is 10. The van der Waals surface area contributed by atoms with E-state index in [0.29, 0.717) is 60.6 Å². The summed E-state index contributed by atoms with van der Waals surface area (Å²) in [5, 5.41) is 26.9. The summed E-state index contributed by atoms with van der Waals surface area (Å²) in [6.45, 7) is 4.29. The van der Waals surface area contributed by atoms with E-state index in [1.807, 2.05) is 0 Å². The molecule has 3 aliphatic heterocycles. The van der Waals surface area contributed by atoms with Gasteiger partial charge in [0, 0.05) is 38.9 Å². The molecule has 0 saturated carbocycles. The van der Waals surface area contributed by atoms with Crippen LogP contribution in [0.15, 0.2) is 54.6 Å². The van der Waals surface area contributed by atoms with Crippen molar-refractivity contribution in [2.24, 2.45) is 0 Å². The summed E-state index contributed by atoms with van der Waals surface area (Å²) in [5.74, 6) is 0.616. The fourth-order valence-electron chi connectivity index (χ4n) is 5.46. The summed E-state index contributed by atoms with van der Waals surface area (Å²) < 4.78 is 51.6. The van der Waals surface area contributed by atoms with Crippen LogP contribution < -0.4 is 75.1 Å². The summed E-state index contributed by atoms with van der Waals surface area (Å²) >= 11 is 0. The Bertz CT molecular complexity index is 1690. The van der Waals surface area contributed by atoms with Gasteiger partial charge >= 0.3 is 69.3 Å². The topological polar surface area (TPSA) is 234 Å². The molecule has 0 unspecified atom stereocenters. The number of aromatic hydroxyl groups is 1. The van der Waals surface area contributed by atoms with Crippen LogP contribution in [0.4, 0.5) is 0 Å². The van der Waals surface area contributed by atoms with Crippen molar-refractivity contribution < 1.29 is 134 Å². The molecule has 0 radical (unpaired) electrons. The van der Waals surface area contributed by atoms with E-state index in [0.717, 1.165) is 51.7 Å². The van der Waals surface area contributed by atoms with Crippen LogP contribution in [0.3, 0.4) is 0 Å². The number of aliphatic hydroxyl groups excluding tert-OH is 1. The van der Waals surface area contributed by atoms with E-state index in [1.54, 1.807) is 31.4 Å². The molecule has 4 N–H and O–H groups in total. The van der Waals surface area contributed by atoms with Crippen LogP contribution in [0.25, 0.3) is 0 Å². The Morgan fingerprint density at radius 1 is 0.542 bits per heavy atom. The third kappa shape index (κ3) is 18.6. The molecule has 0 amide bonds. The Kier molecular flexibility index (Phi) is 26.7. The number of aromatic carboxylic acids is 1. The van der Waals surface area contributed by atoms with E-state index in [-0.39, 0.29) is 92.2 Å². The Labute approximate surface area is 386 Å². The van der Waals surface area contributed by atoms with Gasteiger partial charge in [-0.05, 0) is 67.4 Å². The number of rotatable bonds is 10. The minimum absolute atomic E-state index is 0. The van der Waals surface area contributed by atoms with Crippen molar-refractivity contribution in [2.45, 2.75) is 56.8 Å². The number of phenols is 1. The van der Waals surface area contributed by atoms with Gasteiger partial charge in [-0.15, -0.1) is 0 Å². The Hall–Kier alpha value is -3.69. The number of carboxylic acid groups (broad SMARTS) is 1. The zero-order valence-corrected chi connectivity index (χ0v) is 37.6. The number of carbonyl (C=O) groups excluding carboxylic acids is 2. The molecular weight excluding hydrogens is 804 g/mol. The number of hydrogen-bond acceptors (Lipinski definition) is 16. The van der Waals surface area contributed by atoms with Crippen molar-refractivity contribution in [3.05, 3.63) is 71.3 Å². The zero-order chi connectivity index (χ0) is 41.6. The molecule has 3 aromatic rings. The standard InChI is InChI=1S/C14H18O5.C13H16O5.C9H10O4.C5H10O2.K.H2O/c1-16-13-9-10(14(15)17-2)3-4-12(13)19-11-5-7-18-8-6-11;1-16-12-8-9(13(14)15)2-3-11(12)18-10-4-6-17-7-5-10;1-12-8-5-6(9(11)13-2)3-4-7(8)10;6-5-1-3-7-4-2-5;;/h3-4,9,11H,5-8H2,1-2H3;2-3,8,10H,4-7H2,1H3,(H,14,15);3-5,10H,1-2H3;5-6H,1-4H2;;1H2/q;;;;+1;/p-1. The number of carbonyl (C=O) groups is 3. The maximum absolute atomic E-state index is 11.4. The average molecular weight is 859 g/mol. The van der Waals surface area contributed by atoms with E-state index < -0.39 is 17.9 Å². The quantitative estimate of drug-likeness (QED) is 0.196. The van der Waals surface area contributed by atoms with Crippen LogP contribution in [-0.4, -0.2) is 132 Å². The van der Waals surface area contributed by atoms with Gasteiger partial charge in [-0.25, -0.2) is 14.4 Å². The van der Waals surface area contributed by atoms with E-state index >= 15 is 0 Å². The van der Waals surface area contributed by atoms with Crippen molar-refractivity contribution >= 4 is 17.9 Å². The molecule has 0 spiro atoms. The zero-order valence-electron chi connectivity index (χ0n) is 34.5. The number of carboxylic acids is 1. The van der Waals surface area contributed by atoms with Crippen molar-refractivity contribution in [1.82, 2.24) is 0 Å². The van der Waals surface area contributed by atoms with Crippen molar-refractivity contribution in [3.8, 4) is 34.5 Å². The third-order valence-electron chi connectivity index (χ3n) is 8.71. The van der Waals surface area contributed by atoms with Gasteiger partial charge in [0.15, 0.2) is 34.5 Å². The Morgan fingerprint density at radius 2 is 0.898 bits per heavy atom. The molecule has 0 aliphatic carbocycles. The monoisotopic (exact) mass is 858 g/mol. The van der Waals surface area contributed by atoms with Gasteiger partial charge in [-0.3, -0.25) is 0 Å². The predicted octanol–water partition coefficient (Wildman–Crippen LogP) is 2.16. The number of aliphatic hydroxyl groups is 1. The molecule has 18 heteroatoms. The third-order valence-corrected chi connectivity index (χ3v) is 8.71. The average Bonchev–Trinajstić information content (AvgIpc) is 3.25. The van der Waals surface area contributed by atoms with Crippen LogP contribution >= 0.6 is 0 Å². The Balaban J connectivity index is 0.000000407. The van der Waals surface area contributed by atoms with Crippen LogP contribution in [-0.2, 0) is 23.7 Å². The molecule has 59 heavy (non-hydrogen) atoms. The molecule has 6 rings (SSSR count). The first-order valence-electron chi connectivity index (χ1n) is 18.4. The fraction of sp³-hybridized carbons (Fsp3) is 0.488. The Morgan fingerprint density at radius 3 is 1.25 bits per heavy atom. The second-order valence-corrected chi connectivity index (χ2v) is 12.6. The number of phenolic OH excluding ortho intramolecular Hbond substituents is 1. The van der Waals surface area contributed by atoms with Crippen LogP contribution in [0.1, 0.15) is 69.6 Å². The maximum Gasteiger partial charge on any atom is 1.00 e. The van der Waals surface area contributed by atoms with E-state index in [4.69, 9.17) is 48.1 Å². The number of methoxy groups -OCH3 is 5. The molecule has 3 saturated heterocycles. The largest absolute Gasteiger partial charge is 1.00 e. The molecule has 0 bridgehead atoms. The predicted molar refractivity (Wildman–Crippen MR) is 207 cm³/mol. The molecule has 3 fully saturated rings. The second kappa shape index (κ2) is 29.5. The smallest absolute Gasteiger partial charge is 0.870 e. The molecule has 322 valence electrons. The van der Waals surface area contributed by atoms with Gasteiger partial charge < -0.3 is 68.2 Å². The summed E-state index contributed by atoms with van der Waals surface area (Å²) in [4.78, 5) is 33.3. The molecule has 3 aromatic carbocycles. The summed E-state index contributed by atoms with van der Waals surface area (Å²) in [7, 11) is 7.10. The van der Waals surface area contributed by atoms with Gasteiger partial charge in [0.05, 0.1) is 84.8 Å².